The van der Waals surface area contributed by atoms with E-state index in [1.807, 2.05) is 13.8 Å². The van der Waals surface area contributed by atoms with Gasteiger partial charge in [0.15, 0.2) is 0 Å². The third kappa shape index (κ3) is 4.73. The average Bonchev–Trinajstić information content (AvgIpc) is 2.75. The van der Waals surface area contributed by atoms with E-state index in [1.54, 1.807) is 0 Å². The van der Waals surface area contributed by atoms with Gasteiger partial charge < -0.3 is 15.7 Å². The van der Waals surface area contributed by atoms with Crippen molar-refractivity contribution in [2.45, 2.75) is 44.0 Å². The average molecular weight is 308 g/mol. The molecule has 0 aromatic carbocycles. The second-order valence-corrected chi connectivity index (χ2v) is 7.06. The van der Waals surface area contributed by atoms with Gasteiger partial charge in [0.25, 0.3) is 10.1 Å². The number of carbonyl (C=O) groups excluding carboxylic acids is 1. The van der Waals surface area contributed by atoms with Gasteiger partial charge in [0.1, 0.15) is 11.3 Å². The van der Waals surface area contributed by atoms with Crippen LogP contribution in [0.2, 0.25) is 0 Å². The highest BCUT2D eigenvalue weighted by Gasteiger charge is 2.37. The number of aliphatic carboxylic acids is 1. The van der Waals surface area contributed by atoms with Gasteiger partial charge >= 0.3 is 5.97 Å². The standard InChI is InChI=1S/C11H20N2O6S/c1-6(2)3-9(11(15)16)13-10(14)8-4-7(5-12-8)20(17,18)19/h6-9,12H,3-5H2,1-2H3,(H,13,14)(H,15,16)(H,17,18,19)/t7-,8+,9+/m1/s1. The molecule has 0 aromatic rings. The van der Waals surface area contributed by atoms with Crippen LogP contribution in [0.25, 0.3) is 0 Å². The van der Waals surface area contributed by atoms with Crippen LogP contribution in [0.1, 0.15) is 26.7 Å². The SMILES string of the molecule is CC(C)C[C@H](NC(=O)[C@@H]1C[C@@H](S(=O)(=O)O)CN1)C(=O)O. The first-order valence-corrected chi connectivity index (χ1v) is 7.84. The first-order chi connectivity index (χ1) is 9.11. The molecule has 0 unspecified atom stereocenters. The smallest absolute Gasteiger partial charge is 0.326 e. The third-order valence-corrected chi connectivity index (χ3v) is 4.35. The molecular formula is C11H20N2O6S. The summed E-state index contributed by atoms with van der Waals surface area (Å²) in [6, 6.07) is -1.81. The van der Waals surface area contributed by atoms with E-state index in [0.717, 1.165) is 0 Å². The Kier molecular flexibility index (Phi) is 5.49. The Balaban J connectivity index is 2.61. The zero-order chi connectivity index (χ0) is 15.5. The molecule has 1 fully saturated rings. The van der Waals surface area contributed by atoms with Crippen molar-refractivity contribution in [1.29, 1.82) is 0 Å². The summed E-state index contributed by atoms with van der Waals surface area (Å²) in [6.07, 6.45) is 0.216. The van der Waals surface area contributed by atoms with Crippen molar-refractivity contribution in [3.8, 4) is 0 Å². The Labute approximate surface area is 117 Å². The van der Waals surface area contributed by atoms with Crippen LogP contribution in [-0.4, -0.2) is 53.8 Å². The van der Waals surface area contributed by atoms with Crippen LogP contribution in [0, 0.1) is 5.92 Å². The maximum absolute atomic E-state index is 11.9. The van der Waals surface area contributed by atoms with E-state index in [0.29, 0.717) is 0 Å². The number of carboxylic acids is 1. The van der Waals surface area contributed by atoms with Gasteiger partial charge in [-0.15, -0.1) is 0 Å². The molecule has 116 valence electrons. The molecule has 0 radical (unpaired) electrons. The molecule has 0 aliphatic carbocycles. The molecule has 0 spiro atoms. The lowest BCUT2D eigenvalue weighted by atomic mass is 10.0. The van der Waals surface area contributed by atoms with E-state index >= 15 is 0 Å². The summed E-state index contributed by atoms with van der Waals surface area (Å²) in [5.41, 5.74) is 0. The van der Waals surface area contributed by atoms with Crippen molar-refractivity contribution in [3.05, 3.63) is 0 Å². The highest BCUT2D eigenvalue weighted by Crippen LogP contribution is 2.15. The number of amides is 1. The highest BCUT2D eigenvalue weighted by atomic mass is 32.2. The normalized spacial score (nSPS) is 24.6. The molecule has 1 saturated heterocycles. The topological polar surface area (TPSA) is 133 Å². The van der Waals surface area contributed by atoms with E-state index in [9.17, 15) is 18.0 Å². The van der Waals surface area contributed by atoms with Crippen molar-refractivity contribution >= 4 is 22.0 Å². The molecule has 1 aliphatic heterocycles. The molecule has 20 heavy (non-hydrogen) atoms. The summed E-state index contributed by atoms with van der Waals surface area (Å²) in [5.74, 6) is -1.60. The largest absolute Gasteiger partial charge is 0.480 e. The van der Waals surface area contributed by atoms with Crippen LogP contribution in [0.3, 0.4) is 0 Å². The summed E-state index contributed by atoms with van der Waals surface area (Å²) in [5, 5.41) is 13.0. The number of rotatable bonds is 6. The van der Waals surface area contributed by atoms with Crippen molar-refractivity contribution < 1.29 is 27.7 Å². The maximum atomic E-state index is 11.9. The minimum atomic E-state index is -4.19. The molecule has 0 aromatic heterocycles. The zero-order valence-corrected chi connectivity index (χ0v) is 12.2. The molecule has 0 saturated carbocycles. The van der Waals surface area contributed by atoms with Gasteiger partial charge in [-0.3, -0.25) is 9.35 Å². The molecule has 1 heterocycles. The number of nitrogens with one attached hydrogen (secondary N) is 2. The van der Waals surface area contributed by atoms with Gasteiger partial charge in [-0.2, -0.15) is 8.42 Å². The van der Waals surface area contributed by atoms with Crippen LogP contribution >= 0.6 is 0 Å². The molecular weight excluding hydrogens is 288 g/mol. The van der Waals surface area contributed by atoms with Crippen LogP contribution in [0.5, 0.6) is 0 Å². The van der Waals surface area contributed by atoms with Crippen LogP contribution in [0.4, 0.5) is 0 Å². The van der Waals surface area contributed by atoms with Gasteiger partial charge in [-0.1, -0.05) is 13.8 Å². The summed E-state index contributed by atoms with van der Waals surface area (Å²) in [6.45, 7) is 3.65. The van der Waals surface area contributed by atoms with Gasteiger partial charge in [-0.05, 0) is 18.8 Å². The molecule has 0 bridgehead atoms. The number of hydrogen-bond acceptors (Lipinski definition) is 5. The second-order valence-electron chi connectivity index (χ2n) is 5.36. The Bertz CT molecular complexity index is 475. The Morgan fingerprint density at radius 2 is 2.00 bits per heavy atom. The zero-order valence-electron chi connectivity index (χ0n) is 11.4. The van der Waals surface area contributed by atoms with Crippen LogP contribution in [0.15, 0.2) is 0 Å². The Morgan fingerprint density at radius 3 is 2.40 bits per heavy atom. The van der Waals surface area contributed by atoms with Crippen LogP contribution < -0.4 is 10.6 Å². The fraction of sp³-hybridized carbons (Fsp3) is 0.818. The molecule has 8 nitrogen and oxygen atoms in total. The van der Waals surface area contributed by atoms with E-state index in [-0.39, 0.29) is 25.3 Å². The fourth-order valence-corrected chi connectivity index (χ4v) is 2.84. The van der Waals surface area contributed by atoms with Gasteiger partial charge in [0, 0.05) is 6.54 Å². The van der Waals surface area contributed by atoms with E-state index in [2.05, 4.69) is 10.6 Å². The maximum Gasteiger partial charge on any atom is 0.326 e. The van der Waals surface area contributed by atoms with Crippen molar-refractivity contribution in [2.24, 2.45) is 5.92 Å². The van der Waals surface area contributed by atoms with E-state index in [1.165, 1.54) is 0 Å². The number of hydrogen-bond donors (Lipinski definition) is 4. The quantitative estimate of drug-likeness (QED) is 0.473. The number of carboxylic acid groups (broad SMARTS) is 1. The Morgan fingerprint density at radius 1 is 1.40 bits per heavy atom. The molecule has 9 heteroatoms. The summed E-state index contributed by atoms with van der Waals surface area (Å²) >= 11 is 0. The first kappa shape index (κ1) is 16.9. The summed E-state index contributed by atoms with van der Waals surface area (Å²) < 4.78 is 30.8. The fourth-order valence-electron chi connectivity index (χ4n) is 2.10. The predicted molar refractivity (Wildman–Crippen MR) is 70.8 cm³/mol. The lowest BCUT2D eigenvalue weighted by Crippen LogP contribution is -2.48. The molecule has 3 atom stereocenters. The third-order valence-electron chi connectivity index (χ3n) is 3.15. The van der Waals surface area contributed by atoms with Crippen molar-refractivity contribution in [1.82, 2.24) is 10.6 Å². The lowest BCUT2D eigenvalue weighted by molar-refractivity contribution is -0.142. The van der Waals surface area contributed by atoms with Gasteiger partial charge in [0.05, 0.1) is 6.04 Å². The van der Waals surface area contributed by atoms with Crippen molar-refractivity contribution in [2.75, 3.05) is 6.54 Å². The highest BCUT2D eigenvalue weighted by molar-refractivity contribution is 7.86. The second kappa shape index (κ2) is 6.51. The molecule has 1 rings (SSSR count). The molecule has 1 amide bonds. The monoisotopic (exact) mass is 308 g/mol. The summed E-state index contributed by atoms with van der Waals surface area (Å²) in [4.78, 5) is 22.9. The van der Waals surface area contributed by atoms with Gasteiger partial charge in [0.2, 0.25) is 5.91 Å². The Hall–Kier alpha value is -1.19. The summed E-state index contributed by atoms with van der Waals surface area (Å²) in [7, 11) is -4.19. The first-order valence-electron chi connectivity index (χ1n) is 6.34. The van der Waals surface area contributed by atoms with Crippen LogP contribution in [-0.2, 0) is 19.7 Å². The minimum absolute atomic E-state index is 0.0289. The predicted octanol–water partition coefficient (Wildman–Crippen LogP) is -0.780. The lowest BCUT2D eigenvalue weighted by Gasteiger charge is -2.19. The molecule has 4 N–H and O–H groups in total. The molecule has 1 aliphatic rings. The van der Waals surface area contributed by atoms with E-state index < -0.39 is 39.3 Å². The number of carbonyl (C=O) groups is 2. The minimum Gasteiger partial charge on any atom is -0.480 e. The van der Waals surface area contributed by atoms with Crippen molar-refractivity contribution in [3.63, 3.8) is 0 Å². The van der Waals surface area contributed by atoms with E-state index in [4.69, 9.17) is 9.66 Å². The van der Waals surface area contributed by atoms with Gasteiger partial charge in [-0.25, -0.2) is 4.79 Å².